The van der Waals surface area contributed by atoms with E-state index >= 15 is 0 Å². The van der Waals surface area contributed by atoms with Crippen LogP contribution in [-0.2, 0) is 12.8 Å². The number of H-pyrrole nitrogens is 1. The number of rotatable bonds is 4. The molecule has 4 heteroatoms. The zero-order valence-corrected chi connectivity index (χ0v) is 11.2. The Balaban J connectivity index is 1.91. The van der Waals surface area contributed by atoms with Crippen LogP contribution in [0.1, 0.15) is 25.4 Å². The van der Waals surface area contributed by atoms with Gasteiger partial charge in [0.2, 0.25) is 0 Å². The van der Waals surface area contributed by atoms with E-state index in [4.69, 9.17) is 0 Å². The van der Waals surface area contributed by atoms with Gasteiger partial charge in [0, 0.05) is 44.0 Å². The second-order valence-electron chi connectivity index (χ2n) is 5.50. The Hall–Kier alpha value is -0.870. The standard InChI is InChI=1S/C13H24N4/c1-10(2)6-11-8-15-13(16-11)7-12-9-14-4-5-17(12)3/h8,10,12,14H,4-7,9H2,1-3H3,(H,15,16). The van der Waals surface area contributed by atoms with Crippen molar-refractivity contribution in [3.8, 4) is 0 Å². The van der Waals surface area contributed by atoms with Gasteiger partial charge in [-0.2, -0.15) is 0 Å². The maximum atomic E-state index is 4.49. The van der Waals surface area contributed by atoms with E-state index in [0.717, 1.165) is 38.3 Å². The Morgan fingerprint density at radius 3 is 3.06 bits per heavy atom. The number of hydrogen-bond acceptors (Lipinski definition) is 3. The van der Waals surface area contributed by atoms with Crippen molar-refractivity contribution in [2.45, 2.75) is 32.7 Å². The molecule has 17 heavy (non-hydrogen) atoms. The molecule has 1 aliphatic heterocycles. The first-order chi connectivity index (χ1) is 8.15. The molecule has 0 saturated carbocycles. The lowest BCUT2D eigenvalue weighted by molar-refractivity contribution is 0.197. The van der Waals surface area contributed by atoms with E-state index in [-0.39, 0.29) is 0 Å². The fourth-order valence-corrected chi connectivity index (χ4v) is 2.37. The van der Waals surface area contributed by atoms with E-state index in [0.29, 0.717) is 12.0 Å². The van der Waals surface area contributed by atoms with E-state index in [9.17, 15) is 0 Å². The maximum absolute atomic E-state index is 4.49. The van der Waals surface area contributed by atoms with E-state index in [2.05, 4.69) is 41.1 Å². The molecule has 2 heterocycles. The van der Waals surface area contributed by atoms with Gasteiger partial charge in [0.1, 0.15) is 5.82 Å². The molecule has 0 spiro atoms. The molecule has 2 N–H and O–H groups in total. The highest BCUT2D eigenvalue weighted by Crippen LogP contribution is 2.09. The zero-order valence-electron chi connectivity index (χ0n) is 11.2. The van der Waals surface area contributed by atoms with Crippen molar-refractivity contribution in [1.82, 2.24) is 20.2 Å². The zero-order chi connectivity index (χ0) is 12.3. The normalized spacial score (nSPS) is 22.2. The van der Waals surface area contributed by atoms with Gasteiger partial charge in [0.05, 0.1) is 0 Å². The number of aromatic nitrogens is 2. The van der Waals surface area contributed by atoms with Crippen molar-refractivity contribution in [3.63, 3.8) is 0 Å². The van der Waals surface area contributed by atoms with Crippen molar-refractivity contribution in [2.75, 3.05) is 26.7 Å². The highest BCUT2D eigenvalue weighted by Gasteiger charge is 2.19. The van der Waals surface area contributed by atoms with E-state index in [1.165, 1.54) is 5.69 Å². The summed E-state index contributed by atoms with van der Waals surface area (Å²) in [6, 6.07) is 0.571. The summed E-state index contributed by atoms with van der Waals surface area (Å²) in [5.74, 6) is 1.81. The van der Waals surface area contributed by atoms with Crippen molar-refractivity contribution in [1.29, 1.82) is 0 Å². The van der Waals surface area contributed by atoms with E-state index < -0.39 is 0 Å². The first kappa shape index (κ1) is 12.6. The largest absolute Gasteiger partial charge is 0.346 e. The summed E-state index contributed by atoms with van der Waals surface area (Å²) in [7, 11) is 2.20. The molecule has 1 aromatic heterocycles. The molecule has 0 bridgehead atoms. The predicted molar refractivity (Wildman–Crippen MR) is 70.1 cm³/mol. The lowest BCUT2D eigenvalue weighted by Gasteiger charge is -2.32. The van der Waals surface area contributed by atoms with Gasteiger partial charge >= 0.3 is 0 Å². The molecule has 0 aromatic carbocycles. The average molecular weight is 236 g/mol. The summed E-state index contributed by atoms with van der Waals surface area (Å²) < 4.78 is 0. The topological polar surface area (TPSA) is 44.0 Å². The number of imidazole rings is 1. The van der Waals surface area contributed by atoms with Crippen LogP contribution in [0.25, 0.3) is 0 Å². The van der Waals surface area contributed by atoms with Crippen LogP contribution >= 0.6 is 0 Å². The van der Waals surface area contributed by atoms with Crippen LogP contribution in [0.15, 0.2) is 6.20 Å². The van der Waals surface area contributed by atoms with E-state index in [1.54, 1.807) is 0 Å². The molecule has 4 nitrogen and oxygen atoms in total. The molecule has 1 aliphatic rings. The van der Waals surface area contributed by atoms with Crippen LogP contribution in [0.5, 0.6) is 0 Å². The Morgan fingerprint density at radius 2 is 2.35 bits per heavy atom. The smallest absolute Gasteiger partial charge is 0.107 e. The molecule has 0 radical (unpaired) electrons. The van der Waals surface area contributed by atoms with Crippen molar-refractivity contribution < 1.29 is 0 Å². The molecule has 1 unspecified atom stereocenters. The van der Waals surface area contributed by atoms with Gasteiger partial charge in [0.25, 0.3) is 0 Å². The SMILES string of the molecule is CC(C)Cc1cnc(CC2CNCCN2C)[nH]1. The lowest BCUT2D eigenvalue weighted by Crippen LogP contribution is -2.50. The second kappa shape index (κ2) is 5.65. The van der Waals surface area contributed by atoms with Crippen LogP contribution in [0.4, 0.5) is 0 Å². The van der Waals surface area contributed by atoms with Crippen molar-refractivity contribution in [3.05, 3.63) is 17.7 Å². The average Bonchev–Trinajstić information content (AvgIpc) is 2.68. The minimum Gasteiger partial charge on any atom is -0.346 e. The molecule has 0 amide bonds. The van der Waals surface area contributed by atoms with Crippen LogP contribution in [0, 0.1) is 5.92 Å². The van der Waals surface area contributed by atoms with Gasteiger partial charge in [-0.3, -0.25) is 0 Å². The first-order valence-corrected chi connectivity index (χ1v) is 6.59. The minimum atomic E-state index is 0.571. The fourth-order valence-electron chi connectivity index (χ4n) is 2.37. The van der Waals surface area contributed by atoms with Crippen LogP contribution in [0.2, 0.25) is 0 Å². The molecule has 2 rings (SSSR count). The van der Waals surface area contributed by atoms with Crippen molar-refractivity contribution >= 4 is 0 Å². The van der Waals surface area contributed by atoms with E-state index in [1.807, 2.05) is 6.20 Å². The quantitative estimate of drug-likeness (QED) is 0.821. The molecular formula is C13H24N4. The minimum absolute atomic E-state index is 0.571. The monoisotopic (exact) mass is 236 g/mol. The first-order valence-electron chi connectivity index (χ1n) is 6.59. The summed E-state index contributed by atoms with van der Waals surface area (Å²) in [5.41, 5.74) is 1.27. The third-order valence-corrected chi connectivity index (χ3v) is 3.38. The Kier molecular flexibility index (Phi) is 4.18. The summed E-state index contributed by atoms with van der Waals surface area (Å²) in [6.07, 6.45) is 4.10. The van der Waals surface area contributed by atoms with Gasteiger partial charge in [-0.1, -0.05) is 13.8 Å². The van der Waals surface area contributed by atoms with Gasteiger partial charge in [-0.05, 0) is 19.4 Å². The van der Waals surface area contributed by atoms with Crippen molar-refractivity contribution in [2.24, 2.45) is 5.92 Å². The third kappa shape index (κ3) is 3.54. The van der Waals surface area contributed by atoms with Crippen LogP contribution in [0.3, 0.4) is 0 Å². The Bertz CT molecular complexity index is 345. The van der Waals surface area contributed by atoms with Gasteiger partial charge in [0.15, 0.2) is 0 Å². The molecule has 1 saturated heterocycles. The molecule has 0 aliphatic carbocycles. The van der Waals surface area contributed by atoms with Crippen LogP contribution < -0.4 is 5.32 Å². The highest BCUT2D eigenvalue weighted by molar-refractivity contribution is 5.04. The van der Waals surface area contributed by atoms with Gasteiger partial charge in [-0.15, -0.1) is 0 Å². The summed E-state index contributed by atoms with van der Waals surface area (Å²) >= 11 is 0. The summed E-state index contributed by atoms with van der Waals surface area (Å²) in [6.45, 7) is 7.77. The number of aromatic amines is 1. The highest BCUT2D eigenvalue weighted by atomic mass is 15.2. The Labute approximate surface area is 104 Å². The molecule has 96 valence electrons. The fraction of sp³-hybridized carbons (Fsp3) is 0.769. The predicted octanol–water partition coefficient (Wildman–Crippen LogP) is 1.05. The number of hydrogen-bond donors (Lipinski definition) is 2. The van der Waals surface area contributed by atoms with Gasteiger partial charge < -0.3 is 15.2 Å². The number of nitrogens with one attached hydrogen (secondary N) is 2. The summed E-state index contributed by atoms with van der Waals surface area (Å²) in [5, 5.41) is 3.44. The van der Waals surface area contributed by atoms with Gasteiger partial charge in [-0.25, -0.2) is 4.98 Å². The second-order valence-corrected chi connectivity index (χ2v) is 5.50. The molecule has 1 fully saturated rings. The third-order valence-electron chi connectivity index (χ3n) is 3.38. The lowest BCUT2D eigenvalue weighted by atomic mass is 10.1. The molecule has 1 aromatic rings. The molecule has 1 atom stereocenters. The number of piperazine rings is 1. The summed E-state index contributed by atoms with van der Waals surface area (Å²) in [4.78, 5) is 10.4. The molecular weight excluding hydrogens is 212 g/mol. The van der Waals surface area contributed by atoms with Crippen LogP contribution in [-0.4, -0.2) is 47.6 Å². The maximum Gasteiger partial charge on any atom is 0.107 e. The Morgan fingerprint density at radius 1 is 1.53 bits per heavy atom. The number of nitrogens with zero attached hydrogens (tertiary/aromatic N) is 2. The number of likely N-dealkylation sites (N-methyl/N-ethyl adjacent to an activating group) is 1.